The van der Waals surface area contributed by atoms with Crippen molar-refractivity contribution in [2.45, 2.75) is 45.6 Å². The van der Waals surface area contributed by atoms with E-state index >= 15 is 0 Å². The predicted octanol–water partition coefficient (Wildman–Crippen LogP) is 3.93. The first-order valence-corrected chi connectivity index (χ1v) is 7.32. The van der Waals surface area contributed by atoms with Gasteiger partial charge in [0.05, 0.1) is 6.61 Å². The van der Waals surface area contributed by atoms with Gasteiger partial charge >= 0.3 is 0 Å². The number of rotatable bonds is 7. The van der Waals surface area contributed by atoms with Crippen molar-refractivity contribution < 1.29 is 4.74 Å². The van der Waals surface area contributed by atoms with Crippen LogP contribution in [0, 0.1) is 5.92 Å². The molecule has 2 nitrogen and oxygen atoms in total. The Balaban J connectivity index is 2.16. The molecule has 0 heterocycles. The van der Waals surface area contributed by atoms with Crippen molar-refractivity contribution >= 4 is 0 Å². The smallest absolute Gasteiger partial charge is 0.124 e. The molecule has 18 heavy (non-hydrogen) atoms. The van der Waals surface area contributed by atoms with Crippen molar-refractivity contribution in [3.05, 3.63) is 29.8 Å². The first kappa shape index (κ1) is 13.4. The molecule has 0 saturated heterocycles. The molecule has 1 N–H and O–H groups in total. The summed E-state index contributed by atoms with van der Waals surface area (Å²) >= 11 is 0. The zero-order chi connectivity index (χ0) is 12.8. The van der Waals surface area contributed by atoms with Crippen LogP contribution in [0.4, 0.5) is 0 Å². The number of nitrogens with one attached hydrogen (secondary N) is 1. The Bertz CT molecular complexity index is 360. The Morgan fingerprint density at radius 2 is 2.06 bits per heavy atom. The van der Waals surface area contributed by atoms with E-state index in [9.17, 15) is 0 Å². The standard InChI is InChI=1S/C16H25NO/c1-3-12-18-15-11-6-5-10-14(15)16(17-4-2)13-8-7-9-13/h5-6,10-11,13,16-17H,3-4,7-9,12H2,1-2H3. The summed E-state index contributed by atoms with van der Waals surface area (Å²) in [5.74, 6) is 1.86. The predicted molar refractivity (Wildman–Crippen MR) is 76.0 cm³/mol. The lowest BCUT2D eigenvalue weighted by molar-refractivity contribution is 0.225. The van der Waals surface area contributed by atoms with E-state index in [1.807, 2.05) is 0 Å². The van der Waals surface area contributed by atoms with E-state index in [1.165, 1.54) is 24.8 Å². The van der Waals surface area contributed by atoms with Crippen molar-refractivity contribution in [2.75, 3.05) is 13.2 Å². The summed E-state index contributed by atoms with van der Waals surface area (Å²) in [6.45, 7) is 6.15. The molecule has 0 bridgehead atoms. The summed E-state index contributed by atoms with van der Waals surface area (Å²) in [7, 11) is 0. The second-order valence-electron chi connectivity index (χ2n) is 5.11. The number of benzene rings is 1. The average Bonchev–Trinajstić information content (AvgIpc) is 2.34. The summed E-state index contributed by atoms with van der Waals surface area (Å²) < 4.78 is 5.89. The first-order chi connectivity index (χ1) is 8.86. The van der Waals surface area contributed by atoms with E-state index in [4.69, 9.17) is 4.74 Å². The van der Waals surface area contributed by atoms with Crippen molar-refractivity contribution in [1.82, 2.24) is 5.32 Å². The quantitative estimate of drug-likeness (QED) is 0.788. The van der Waals surface area contributed by atoms with E-state index in [0.717, 1.165) is 31.2 Å². The molecule has 0 aromatic heterocycles. The Morgan fingerprint density at radius 1 is 1.28 bits per heavy atom. The average molecular weight is 247 g/mol. The molecule has 1 aliphatic rings. The van der Waals surface area contributed by atoms with Gasteiger partial charge in [-0.2, -0.15) is 0 Å². The third kappa shape index (κ3) is 3.05. The molecule has 100 valence electrons. The molecule has 0 spiro atoms. The second kappa shape index (κ2) is 6.79. The van der Waals surface area contributed by atoms with Crippen LogP contribution in [0.2, 0.25) is 0 Å². The van der Waals surface area contributed by atoms with Gasteiger partial charge in [0.15, 0.2) is 0 Å². The Morgan fingerprint density at radius 3 is 2.67 bits per heavy atom. The Hall–Kier alpha value is -1.02. The van der Waals surface area contributed by atoms with E-state index in [2.05, 4.69) is 43.4 Å². The highest BCUT2D eigenvalue weighted by Gasteiger charge is 2.29. The number of para-hydroxylation sites is 1. The van der Waals surface area contributed by atoms with E-state index < -0.39 is 0 Å². The van der Waals surface area contributed by atoms with Crippen molar-refractivity contribution in [1.29, 1.82) is 0 Å². The van der Waals surface area contributed by atoms with Gasteiger partial charge in [0.2, 0.25) is 0 Å². The first-order valence-electron chi connectivity index (χ1n) is 7.32. The molecule has 0 aliphatic heterocycles. The van der Waals surface area contributed by atoms with Gasteiger partial charge < -0.3 is 10.1 Å². The molecule has 1 aromatic rings. The maximum Gasteiger partial charge on any atom is 0.124 e. The normalized spacial score (nSPS) is 17.2. The van der Waals surface area contributed by atoms with Crippen LogP contribution < -0.4 is 10.1 Å². The lowest BCUT2D eigenvalue weighted by atomic mass is 9.77. The largest absolute Gasteiger partial charge is 0.493 e. The molecule has 1 atom stereocenters. The molecule has 2 rings (SSSR count). The Kier molecular flexibility index (Phi) is 5.06. The number of hydrogen-bond acceptors (Lipinski definition) is 2. The van der Waals surface area contributed by atoms with Crippen LogP contribution in [-0.4, -0.2) is 13.2 Å². The minimum atomic E-state index is 0.469. The minimum absolute atomic E-state index is 0.469. The third-order valence-electron chi connectivity index (χ3n) is 3.76. The Labute approximate surface area is 111 Å². The van der Waals surface area contributed by atoms with Gasteiger partial charge in [-0.05, 0) is 37.8 Å². The fourth-order valence-corrected chi connectivity index (χ4v) is 2.60. The lowest BCUT2D eigenvalue weighted by Crippen LogP contribution is -2.32. The van der Waals surface area contributed by atoms with Gasteiger partial charge in [0, 0.05) is 11.6 Å². The zero-order valence-corrected chi connectivity index (χ0v) is 11.6. The van der Waals surface area contributed by atoms with Crippen LogP contribution in [0.1, 0.15) is 51.1 Å². The summed E-state index contributed by atoms with van der Waals surface area (Å²) in [5, 5.41) is 3.64. The van der Waals surface area contributed by atoms with E-state index in [-0.39, 0.29) is 0 Å². The highest BCUT2D eigenvalue weighted by atomic mass is 16.5. The number of hydrogen-bond donors (Lipinski definition) is 1. The molecule has 0 amide bonds. The van der Waals surface area contributed by atoms with Crippen LogP contribution in [0.15, 0.2) is 24.3 Å². The van der Waals surface area contributed by atoms with Crippen LogP contribution in [-0.2, 0) is 0 Å². The highest BCUT2D eigenvalue weighted by molar-refractivity contribution is 5.36. The van der Waals surface area contributed by atoms with Gasteiger partial charge in [-0.3, -0.25) is 0 Å². The van der Waals surface area contributed by atoms with E-state index in [1.54, 1.807) is 0 Å². The molecule has 0 radical (unpaired) electrons. The van der Waals surface area contributed by atoms with Gasteiger partial charge in [0.25, 0.3) is 0 Å². The lowest BCUT2D eigenvalue weighted by Gasteiger charge is -2.35. The zero-order valence-electron chi connectivity index (χ0n) is 11.6. The van der Waals surface area contributed by atoms with Crippen molar-refractivity contribution in [3.63, 3.8) is 0 Å². The summed E-state index contributed by atoms with van der Waals surface area (Å²) in [5.41, 5.74) is 1.34. The molecule has 1 unspecified atom stereocenters. The fraction of sp³-hybridized carbons (Fsp3) is 0.625. The topological polar surface area (TPSA) is 21.3 Å². The second-order valence-corrected chi connectivity index (χ2v) is 5.11. The maximum absolute atomic E-state index is 5.89. The van der Waals surface area contributed by atoms with Gasteiger partial charge in [-0.25, -0.2) is 0 Å². The summed E-state index contributed by atoms with van der Waals surface area (Å²) in [6.07, 6.45) is 5.13. The van der Waals surface area contributed by atoms with Crippen molar-refractivity contribution in [2.24, 2.45) is 5.92 Å². The van der Waals surface area contributed by atoms with Crippen LogP contribution >= 0.6 is 0 Å². The van der Waals surface area contributed by atoms with Crippen LogP contribution in [0.25, 0.3) is 0 Å². The van der Waals surface area contributed by atoms with E-state index in [0.29, 0.717) is 6.04 Å². The van der Waals surface area contributed by atoms with Crippen molar-refractivity contribution in [3.8, 4) is 5.75 Å². The molecular weight excluding hydrogens is 222 g/mol. The molecule has 1 aromatic carbocycles. The minimum Gasteiger partial charge on any atom is -0.493 e. The van der Waals surface area contributed by atoms with Gasteiger partial charge in [-0.15, -0.1) is 0 Å². The monoisotopic (exact) mass is 247 g/mol. The molecule has 1 aliphatic carbocycles. The molecule has 1 saturated carbocycles. The van der Waals surface area contributed by atoms with Gasteiger partial charge in [-0.1, -0.05) is 38.5 Å². The van der Waals surface area contributed by atoms with Crippen LogP contribution in [0.3, 0.4) is 0 Å². The van der Waals surface area contributed by atoms with Crippen LogP contribution in [0.5, 0.6) is 5.75 Å². The maximum atomic E-state index is 5.89. The number of ether oxygens (including phenoxy) is 1. The highest BCUT2D eigenvalue weighted by Crippen LogP contribution is 2.40. The fourth-order valence-electron chi connectivity index (χ4n) is 2.60. The molecular formula is C16H25NO. The van der Waals surface area contributed by atoms with Gasteiger partial charge in [0.1, 0.15) is 5.75 Å². The molecule has 1 fully saturated rings. The molecule has 2 heteroatoms. The summed E-state index contributed by atoms with van der Waals surface area (Å²) in [4.78, 5) is 0. The SMILES string of the molecule is CCCOc1ccccc1C(NCC)C1CCC1. The summed E-state index contributed by atoms with van der Waals surface area (Å²) in [6, 6.07) is 8.98. The third-order valence-corrected chi connectivity index (χ3v) is 3.76.